The van der Waals surface area contributed by atoms with Crippen LogP contribution in [0.25, 0.3) is 0 Å². The number of hydrogen-bond donors (Lipinski definition) is 1. The summed E-state index contributed by atoms with van der Waals surface area (Å²) in [4.78, 5) is 1.51. The summed E-state index contributed by atoms with van der Waals surface area (Å²) in [5.41, 5.74) is 7.35. The fourth-order valence-corrected chi connectivity index (χ4v) is 2.48. The average molecular weight is 153 g/mol. The van der Waals surface area contributed by atoms with Gasteiger partial charge in [-0.05, 0) is 36.3 Å². The molecular weight excluding hydrogens is 142 g/mol. The average Bonchev–Trinajstić information content (AvgIpc) is 2.33. The van der Waals surface area contributed by atoms with Gasteiger partial charge >= 0.3 is 0 Å². The first-order chi connectivity index (χ1) is 4.86. The van der Waals surface area contributed by atoms with Crippen LogP contribution in [0.1, 0.15) is 16.9 Å². The maximum Gasteiger partial charge on any atom is 0.00926 e. The zero-order valence-electron chi connectivity index (χ0n) is 5.84. The minimum atomic E-state index is 0.422. The van der Waals surface area contributed by atoms with Crippen LogP contribution in [-0.4, -0.2) is 6.04 Å². The van der Waals surface area contributed by atoms with Crippen LogP contribution in [0.2, 0.25) is 0 Å². The van der Waals surface area contributed by atoms with Crippen LogP contribution in [0.3, 0.4) is 0 Å². The highest BCUT2D eigenvalue weighted by atomic mass is 32.1. The van der Waals surface area contributed by atoms with Gasteiger partial charge in [-0.15, -0.1) is 11.3 Å². The molecule has 0 radical (unpaired) electrons. The SMILES string of the molecule is N[C@H]1CCc2ccsc2C1. The van der Waals surface area contributed by atoms with Gasteiger partial charge in [0.2, 0.25) is 0 Å². The molecule has 0 fully saturated rings. The monoisotopic (exact) mass is 153 g/mol. The zero-order chi connectivity index (χ0) is 6.97. The fourth-order valence-electron chi connectivity index (χ4n) is 1.45. The van der Waals surface area contributed by atoms with Crippen molar-refractivity contribution >= 4 is 11.3 Å². The van der Waals surface area contributed by atoms with Gasteiger partial charge in [-0.2, -0.15) is 0 Å². The van der Waals surface area contributed by atoms with Crippen LogP contribution in [0.15, 0.2) is 11.4 Å². The number of fused-ring (bicyclic) bond motifs is 1. The standard InChI is InChI=1S/C8H11NS/c9-7-2-1-6-3-4-10-8(6)5-7/h3-4,7H,1-2,5,9H2/t7-/m0/s1. The Bertz CT molecular complexity index is 229. The van der Waals surface area contributed by atoms with E-state index in [0.29, 0.717) is 6.04 Å². The predicted molar refractivity (Wildman–Crippen MR) is 44.3 cm³/mol. The van der Waals surface area contributed by atoms with E-state index in [1.54, 1.807) is 0 Å². The number of nitrogens with two attached hydrogens (primary N) is 1. The third kappa shape index (κ3) is 0.976. The Kier molecular flexibility index (Phi) is 1.51. The van der Waals surface area contributed by atoms with Crippen molar-refractivity contribution in [2.75, 3.05) is 0 Å². The third-order valence-electron chi connectivity index (χ3n) is 2.07. The first-order valence-corrected chi connectivity index (χ1v) is 4.55. The highest BCUT2D eigenvalue weighted by Gasteiger charge is 2.15. The summed E-state index contributed by atoms with van der Waals surface area (Å²) >= 11 is 1.85. The van der Waals surface area contributed by atoms with E-state index in [9.17, 15) is 0 Å². The van der Waals surface area contributed by atoms with Crippen molar-refractivity contribution in [2.24, 2.45) is 5.73 Å². The van der Waals surface area contributed by atoms with Gasteiger partial charge in [0.05, 0.1) is 0 Å². The number of aryl methyl sites for hydroxylation is 1. The molecule has 2 N–H and O–H groups in total. The normalized spacial score (nSPS) is 24.3. The molecule has 10 heavy (non-hydrogen) atoms. The molecule has 0 spiro atoms. The smallest absolute Gasteiger partial charge is 0.00926 e. The molecule has 0 aromatic carbocycles. The second-order valence-corrected chi connectivity index (χ2v) is 3.87. The number of rotatable bonds is 0. The molecule has 1 aliphatic rings. The van der Waals surface area contributed by atoms with Gasteiger partial charge in [0.25, 0.3) is 0 Å². The molecule has 1 aliphatic carbocycles. The lowest BCUT2D eigenvalue weighted by Crippen LogP contribution is -2.26. The molecule has 1 atom stereocenters. The molecule has 2 heteroatoms. The Morgan fingerprint density at radius 3 is 3.40 bits per heavy atom. The summed E-state index contributed by atoms with van der Waals surface area (Å²) in [7, 11) is 0. The summed E-state index contributed by atoms with van der Waals surface area (Å²) in [5.74, 6) is 0. The first kappa shape index (κ1) is 6.38. The van der Waals surface area contributed by atoms with E-state index in [2.05, 4.69) is 11.4 Å². The number of hydrogen-bond acceptors (Lipinski definition) is 2. The van der Waals surface area contributed by atoms with Crippen molar-refractivity contribution in [3.63, 3.8) is 0 Å². The van der Waals surface area contributed by atoms with E-state index < -0.39 is 0 Å². The van der Waals surface area contributed by atoms with Gasteiger partial charge in [-0.25, -0.2) is 0 Å². The highest BCUT2D eigenvalue weighted by molar-refractivity contribution is 7.10. The molecule has 1 heterocycles. The molecule has 0 amide bonds. The second-order valence-electron chi connectivity index (χ2n) is 2.87. The first-order valence-electron chi connectivity index (χ1n) is 3.67. The molecule has 0 saturated carbocycles. The highest BCUT2D eigenvalue weighted by Crippen LogP contribution is 2.24. The maximum absolute atomic E-state index is 5.82. The lowest BCUT2D eigenvalue weighted by atomic mass is 9.96. The molecule has 1 aromatic heterocycles. The third-order valence-corrected chi connectivity index (χ3v) is 3.06. The second kappa shape index (κ2) is 2.36. The Morgan fingerprint density at radius 2 is 2.50 bits per heavy atom. The topological polar surface area (TPSA) is 26.0 Å². The Labute approximate surface area is 64.9 Å². The molecule has 1 aromatic rings. The summed E-state index contributed by atoms with van der Waals surface area (Å²) in [5, 5.41) is 2.17. The van der Waals surface area contributed by atoms with Gasteiger partial charge in [0.15, 0.2) is 0 Å². The van der Waals surface area contributed by atoms with Gasteiger partial charge in [0.1, 0.15) is 0 Å². The largest absolute Gasteiger partial charge is 0.327 e. The summed E-state index contributed by atoms with van der Waals surface area (Å²) in [6.45, 7) is 0. The van der Waals surface area contributed by atoms with E-state index >= 15 is 0 Å². The maximum atomic E-state index is 5.82. The Balaban J connectivity index is 2.30. The zero-order valence-corrected chi connectivity index (χ0v) is 6.66. The summed E-state index contributed by atoms with van der Waals surface area (Å²) in [6.07, 6.45) is 3.47. The van der Waals surface area contributed by atoms with E-state index in [0.717, 1.165) is 6.42 Å². The van der Waals surface area contributed by atoms with E-state index in [1.807, 2.05) is 11.3 Å². The Morgan fingerprint density at radius 1 is 1.60 bits per heavy atom. The van der Waals surface area contributed by atoms with Crippen LogP contribution in [0.5, 0.6) is 0 Å². The fraction of sp³-hybridized carbons (Fsp3) is 0.500. The van der Waals surface area contributed by atoms with E-state index in [1.165, 1.54) is 23.3 Å². The minimum absolute atomic E-state index is 0.422. The van der Waals surface area contributed by atoms with Crippen LogP contribution < -0.4 is 5.73 Å². The molecule has 2 rings (SSSR count). The molecule has 0 saturated heterocycles. The molecular formula is C8H11NS. The van der Waals surface area contributed by atoms with Crippen molar-refractivity contribution in [1.29, 1.82) is 0 Å². The molecule has 0 bridgehead atoms. The van der Waals surface area contributed by atoms with Crippen molar-refractivity contribution < 1.29 is 0 Å². The van der Waals surface area contributed by atoms with Gasteiger partial charge in [0, 0.05) is 10.9 Å². The van der Waals surface area contributed by atoms with Crippen molar-refractivity contribution in [1.82, 2.24) is 0 Å². The van der Waals surface area contributed by atoms with Crippen molar-refractivity contribution in [3.8, 4) is 0 Å². The quantitative estimate of drug-likeness (QED) is 0.601. The van der Waals surface area contributed by atoms with Crippen LogP contribution in [-0.2, 0) is 12.8 Å². The Hall–Kier alpha value is -0.340. The number of thiophene rings is 1. The van der Waals surface area contributed by atoms with Gasteiger partial charge in [-0.3, -0.25) is 0 Å². The summed E-state index contributed by atoms with van der Waals surface area (Å²) in [6, 6.07) is 2.65. The van der Waals surface area contributed by atoms with E-state index in [4.69, 9.17) is 5.73 Å². The van der Waals surface area contributed by atoms with Gasteiger partial charge in [-0.1, -0.05) is 0 Å². The summed E-state index contributed by atoms with van der Waals surface area (Å²) < 4.78 is 0. The van der Waals surface area contributed by atoms with Gasteiger partial charge < -0.3 is 5.73 Å². The molecule has 0 unspecified atom stereocenters. The van der Waals surface area contributed by atoms with Crippen LogP contribution in [0, 0.1) is 0 Å². The van der Waals surface area contributed by atoms with E-state index in [-0.39, 0.29) is 0 Å². The lowest BCUT2D eigenvalue weighted by Gasteiger charge is -2.17. The molecule has 0 aliphatic heterocycles. The van der Waals surface area contributed by atoms with Crippen LogP contribution in [0.4, 0.5) is 0 Å². The van der Waals surface area contributed by atoms with Crippen molar-refractivity contribution in [3.05, 3.63) is 21.9 Å². The van der Waals surface area contributed by atoms with Crippen LogP contribution >= 0.6 is 11.3 Å². The molecule has 54 valence electrons. The lowest BCUT2D eigenvalue weighted by molar-refractivity contribution is 0.584. The minimum Gasteiger partial charge on any atom is -0.327 e. The van der Waals surface area contributed by atoms with Crippen molar-refractivity contribution in [2.45, 2.75) is 25.3 Å². The molecule has 1 nitrogen and oxygen atoms in total. The predicted octanol–water partition coefficient (Wildman–Crippen LogP) is 1.56.